The van der Waals surface area contributed by atoms with Gasteiger partial charge in [-0.05, 0) is 24.1 Å². The molecule has 0 heterocycles. The van der Waals surface area contributed by atoms with Gasteiger partial charge in [0.1, 0.15) is 5.82 Å². The van der Waals surface area contributed by atoms with Crippen LogP contribution in [0.2, 0.25) is 5.02 Å². The smallest absolute Gasteiger partial charge is 0.166 e. The average molecular weight is 185 g/mol. The zero-order valence-electron chi connectivity index (χ0n) is 6.23. The first-order chi connectivity index (χ1) is 5.70. The number of rotatable bonds is 0. The van der Waals surface area contributed by atoms with Gasteiger partial charge in [-0.15, -0.1) is 0 Å². The number of fused-ring (bicyclic) bond motifs is 1. The SMILES string of the molecule is O=C1CCc2c(Cl)ccc(F)c21. The van der Waals surface area contributed by atoms with Gasteiger partial charge in [0.05, 0.1) is 5.56 Å². The van der Waals surface area contributed by atoms with Gasteiger partial charge in [-0.2, -0.15) is 0 Å². The van der Waals surface area contributed by atoms with E-state index in [9.17, 15) is 9.18 Å². The van der Waals surface area contributed by atoms with Gasteiger partial charge >= 0.3 is 0 Å². The standard InChI is InChI=1S/C9H6ClFO/c10-6-2-3-7(11)9-5(6)1-4-8(9)12/h2-3H,1,4H2. The van der Waals surface area contributed by atoms with Crippen LogP contribution in [0.25, 0.3) is 0 Å². The van der Waals surface area contributed by atoms with E-state index in [2.05, 4.69) is 0 Å². The van der Waals surface area contributed by atoms with Crippen molar-refractivity contribution in [2.45, 2.75) is 12.8 Å². The first-order valence-corrected chi connectivity index (χ1v) is 4.08. The Balaban J connectivity index is 2.72. The molecule has 1 aromatic rings. The molecule has 0 radical (unpaired) electrons. The van der Waals surface area contributed by atoms with E-state index >= 15 is 0 Å². The fraction of sp³-hybridized carbons (Fsp3) is 0.222. The molecule has 0 atom stereocenters. The average Bonchev–Trinajstić information content (AvgIpc) is 2.42. The molecule has 62 valence electrons. The zero-order chi connectivity index (χ0) is 8.72. The zero-order valence-corrected chi connectivity index (χ0v) is 6.99. The lowest BCUT2D eigenvalue weighted by Gasteiger charge is -2.00. The fourth-order valence-electron chi connectivity index (χ4n) is 1.50. The van der Waals surface area contributed by atoms with Crippen LogP contribution in [0.3, 0.4) is 0 Å². The minimum atomic E-state index is -0.447. The van der Waals surface area contributed by atoms with Crippen LogP contribution in [-0.4, -0.2) is 5.78 Å². The molecule has 3 heteroatoms. The molecule has 0 saturated carbocycles. The van der Waals surface area contributed by atoms with Crippen LogP contribution in [0.1, 0.15) is 22.3 Å². The summed E-state index contributed by atoms with van der Waals surface area (Å²) < 4.78 is 13.0. The van der Waals surface area contributed by atoms with E-state index < -0.39 is 5.82 Å². The van der Waals surface area contributed by atoms with Crippen LogP contribution in [0.5, 0.6) is 0 Å². The lowest BCUT2D eigenvalue weighted by molar-refractivity contribution is 0.0991. The summed E-state index contributed by atoms with van der Waals surface area (Å²) in [7, 11) is 0. The molecule has 2 rings (SSSR count). The van der Waals surface area contributed by atoms with Gasteiger partial charge in [-0.3, -0.25) is 4.79 Å². The molecule has 0 saturated heterocycles. The summed E-state index contributed by atoms with van der Waals surface area (Å²) >= 11 is 5.79. The van der Waals surface area contributed by atoms with Gasteiger partial charge in [0, 0.05) is 11.4 Å². The van der Waals surface area contributed by atoms with E-state index in [1.807, 2.05) is 0 Å². The molecule has 0 aromatic heterocycles. The Bertz CT molecular complexity index is 360. The summed E-state index contributed by atoms with van der Waals surface area (Å²) in [6, 6.07) is 2.73. The Morgan fingerprint density at radius 2 is 2.08 bits per heavy atom. The monoisotopic (exact) mass is 184 g/mol. The van der Waals surface area contributed by atoms with E-state index in [0.717, 1.165) is 0 Å². The third-order valence-corrected chi connectivity index (χ3v) is 2.44. The number of carbonyl (C=O) groups excluding carboxylic acids is 1. The molecule has 1 aliphatic rings. The molecule has 0 aliphatic heterocycles. The molecule has 0 unspecified atom stereocenters. The van der Waals surface area contributed by atoms with Gasteiger partial charge in [0.2, 0.25) is 0 Å². The number of carbonyl (C=O) groups is 1. The molecular weight excluding hydrogens is 179 g/mol. The largest absolute Gasteiger partial charge is 0.294 e. The molecule has 0 N–H and O–H groups in total. The van der Waals surface area contributed by atoms with E-state index in [1.54, 1.807) is 0 Å². The van der Waals surface area contributed by atoms with Crippen molar-refractivity contribution >= 4 is 17.4 Å². The summed E-state index contributed by atoms with van der Waals surface area (Å²) in [6.07, 6.45) is 0.959. The van der Waals surface area contributed by atoms with Crippen molar-refractivity contribution in [2.24, 2.45) is 0 Å². The van der Waals surface area contributed by atoms with Crippen LogP contribution < -0.4 is 0 Å². The number of hydrogen-bond acceptors (Lipinski definition) is 1. The molecule has 1 nitrogen and oxygen atoms in total. The van der Waals surface area contributed by atoms with Crippen molar-refractivity contribution in [3.05, 3.63) is 34.1 Å². The van der Waals surface area contributed by atoms with Crippen molar-refractivity contribution in [1.29, 1.82) is 0 Å². The van der Waals surface area contributed by atoms with E-state index in [4.69, 9.17) is 11.6 Å². The van der Waals surface area contributed by atoms with Gasteiger partial charge in [0.15, 0.2) is 5.78 Å². The quantitative estimate of drug-likeness (QED) is 0.606. The minimum absolute atomic E-state index is 0.134. The summed E-state index contributed by atoms with van der Waals surface area (Å²) in [4.78, 5) is 11.1. The normalized spacial score (nSPS) is 15.0. The maximum absolute atomic E-state index is 13.0. The molecule has 1 aliphatic carbocycles. The Morgan fingerprint density at radius 3 is 2.75 bits per heavy atom. The summed E-state index contributed by atoms with van der Waals surface area (Å²) in [6.45, 7) is 0. The van der Waals surface area contributed by atoms with Crippen molar-refractivity contribution in [3.63, 3.8) is 0 Å². The predicted octanol–water partition coefficient (Wildman–Crippen LogP) is 2.61. The van der Waals surface area contributed by atoms with Crippen molar-refractivity contribution < 1.29 is 9.18 Å². The van der Waals surface area contributed by atoms with Gasteiger partial charge in [-0.1, -0.05) is 11.6 Å². The lowest BCUT2D eigenvalue weighted by atomic mass is 10.1. The highest BCUT2D eigenvalue weighted by atomic mass is 35.5. The number of Topliss-reactive ketones (excluding diaryl/α,β-unsaturated/α-hetero) is 1. The molecule has 1 aromatic carbocycles. The van der Waals surface area contributed by atoms with Crippen LogP contribution in [0.4, 0.5) is 4.39 Å². The summed E-state index contributed by atoms with van der Waals surface area (Å²) in [5, 5.41) is 0.497. The number of ketones is 1. The van der Waals surface area contributed by atoms with Crippen LogP contribution in [0, 0.1) is 5.82 Å². The fourth-order valence-corrected chi connectivity index (χ4v) is 1.76. The van der Waals surface area contributed by atoms with Crippen LogP contribution in [-0.2, 0) is 6.42 Å². The van der Waals surface area contributed by atoms with Gasteiger partial charge < -0.3 is 0 Å². The van der Waals surface area contributed by atoms with E-state index in [0.29, 0.717) is 23.4 Å². The van der Waals surface area contributed by atoms with E-state index in [1.165, 1.54) is 12.1 Å². The van der Waals surface area contributed by atoms with Crippen LogP contribution >= 0.6 is 11.6 Å². The molecule has 0 fully saturated rings. The first kappa shape index (κ1) is 7.74. The lowest BCUT2D eigenvalue weighted by Crippen LogP contribution is -1.96. The van der Waals surface area contributed by atoms with Crippen LogP contribution in [0.15, 0.2) is 12.1 Å². The van der Waals surface area contributed by atoms with Gasteiger partial charge in [-0.25, -0.2) is 4.39 Å². The highest BCUT2D eigenvalue weighted by molar-refractivity contribution is 6.32. The number of hydrogen-bond donors (Lipinski definition) is 0. The molecule has 0 bridgehead atoms. The van der Waals surface area contributed by atoms with Gasteiger partial charge in [0.25, 0.3) is 0 Å². The van der Waals surface area contributed by atoms with Crippen molar-refractivity contribution in [1.82, 2.24) is 0 Å². The Morgan fingerprint density at radius 1 is 1.33 bits per heavy atom. The summed E-state index contributed by atoms with van der Waals surface area (Å²) in [5.41, 5.74) is 0.865. The third kappa shape index (κ3) is 0.950. The molecular formula is C9H6ClFO. The van der Waals surface area contributed by atoms with Crippen molar-refractivity contribution in [2.75, 3.05) is 0 Å². The second-order valence-electron chi connectivity index (χ2n) is 2.81. The Kier molecular flexibility index (Phi) is 1.65. The third-order valence-electron chi connectivity index (χ3n) is 2.09. The Hall–Kier alpha value is -0.890. The second-order valence-corrected chi connectivity index (χ2v) is 3.21. The number of halogens is 2. The second kappa shape index (κ2) is 2.56. The van der Waals surface area contributed by atoms with E-state index in [-0.39, 0.29) is 11.3 Å². The highest BCUT2D eigenvalue weighted by Gasteiger charge is 2.25. The topological polar surface area (TPSA) is 17.1 Å². The maximum Gasteiger partial charge on any atom is 0.166 e. The molecule has 12 heavy (non-hydrogen) atoms. The minimum Gasteiger partial charge on any atom is -0.294 e. The summed E-state index contributed by atoms with van der Waals surface area (Å²) in [5.74, 6) is -0.582. The number of benzene rings is 1. The highest BCUT2D eigenvalue weighted by Crippen LogP contribution is 2.30. The predicted molar refractivity (Wildman–Crippen MR) is 44.1 cm³/mol. The molecule has 0 amide bonds. The first-order valence-electron chi connectivity index (χ1n) is 3.70. The Labute approximate surface area is 74.2 Å². The van der Waals surface area contributed by atoms with Crippen molar-refractivity contribution in [3.8, 4) is 0 Å². The maximum atomic E-state index is 13.0. The molecule has 0 spiro atoms.